The predicted octanol–water partition coefficient (Wildman–Crippen LogP) is 3.42. The van der Waals surface area contributed by atoms with Gasteiger partial charge in [0, 0.05) is 6.04 Å². The van der Waals surface area contributed by atoms with Crippen LogP contribution in [0.5, 0.6) is 5.75 Å². The first kappa shape index (κ1) is 13.3. The number of rotatable bonds is 4. The van der Waals surface area contributed by atoms with E-state index in [9.17, 15) is 0 Å². The van der Waals surface area contributed by atoms with Crippen molar-refractivity contribution in [1.29, 1.82) is 0 Å². The van der Waals surface area contributed by atoms with Crippen LogP contribution in [0.15, 0.2) is 18.2 Å². The van der Waals surface area contributed by atoms with Crippen molar-refractivity contribution in [3.63, 3.8) is 0 Å². The lowest BCUT2D eigenvalue weighted by Crippen LogP contribution is -2.30. The fourth-order valence-corrected chi connectivity index (χ4v) is 4.45. The highest BCUT2D eigenvalue weighted by Crippen LogP contribution is 2.33. The van der Waals surface area contributed by atoms with Crippen LogP contribution in [0.3, 0.4) is 0 Å². The van der Waals surface area contributed by atoms with Gasteiger partial charge in [-0.15, -0.1) is 0 Å². The maximum Gasteiger partial charge on any atom is 0.119 e. The molecule has 19 heavy (non-hydrogen) atoms. The van der Waals surface area contributed by atoms with Crippen molar-refractivity contribution < 1.29 is 4.74 Å². The van der Waals surface area contributed by atoms with E-state index in [2.05, 4.69) is 35.3 Å². The number of aryl methyl sites for hydroxylation is 1. The predicted molar refractivity (Wildman–Crippen MR) is 82.1 cm³/mol. The van der Waals surface area contributed by atoms with Gasteiger partial charge in [-0.05, 0) is 72.9 Å². The Morgan fingerprint density at radius 1 is 1.37 bits per heavy atom. The molecule has 1 N–H and O–H groups in total. The average Bonchev–Trinajstić information content (AvgIpc) is 2.97. The Bertz CT molecular complexity index is 429. The second-order valence-corrected chi connectivity index (χ2v) is 6.80. The molecule has 0 bridgehead atoms. The van der Waals surface area contributed by atoms with Crippen LogP contribution in [0.25, 0.3) is 0 Å². The molecule has 0 saturated carbocycles. The summed E-state index contributed by atoms with van der Waals surface area (Å²) in [7, 11) is 1.75. The molecule has 0 spiro atoms. The third-order valence-electron chi connectivity index (χ3n) is 4.34. The lowest BCUT2D eigenvalue weighted by atomic mass is 9.87. The Balaban J connectivity index is 1.69. The van der Waals surface area contributed by atoms with Crippen LogP contribution >= 0.6 is 11.8 Å². The van der Waals surface area contributed by atoms with Crippen LogP contribution < -0.4 is 10.1 Å². The molecule has 1 aromatic rings. The molecule has 1 fully saturated rings. The summed E-state index contributed by atoms with van der Waals surface area (Å²) >= 11 is 2.10. The molecule has 3 heteroatoms. The minimum Gasteiger partial charge on any atom is -0.497 e. The second-order valence-electron chi connectivity index (χ2n) is 5.65. The van der Waals surface area contributed by atoms with E-state index < -0.39 is 0 Å². The minimum absolute atomic E-state index is 0.532. The third kappa shape index (κ3) is 3.09. The highest BCUT2D eigenvalue weighted by molar-refractivity contribution is 7.99. The summed E-state index contributed by atoms with van der Waals surface area (Å²) in [6.45, 7) is 1.17. The molecule has 1 saturated heterocycles. The van der Waals surface area contributed by atoms with Gasteiger partial charge in [-0.1, -0.05) is 6.07 Å². The SMILES string of the molecule is COc1ccc2c(c1)C(NCC1CCSC1)CCC2. The molecule has 1 aromatic carbocycles. The van der Waals surface area contributed by atoms with Gasteiger partial charge in [-0.3, -0.25) is 0 Å². The maximum atomic E-state index is 5.38. The zero-order valence-electron chi connectivity index (χ0n) is 11.7. The van der Waals surface area contributed by atoms with Gasteiger partial charge in [0.15, 0.2) is 0 Å². The number of nitrogens with one attached hydrogen (secondary N) is 1. The lowest BCUT2D eigenvalue weighted by molar-refractivity contribution is 0.401. The highest BCUT2D eigenvalue weighted by atomic mass is 32.2. The Kier molecular flexibility index (Phi) is 4.34. The quantitative estimate of drug-likeness (QED) is 0.911. The van der Waals surface area contributed by atoms with Gasteiger partial charge in [0.1, 0.15) is 5.75 Å². The number of ether oxygens (including phenoxy) is 1. The zero-order valence-corrected chi connectivity index (χ0v) is 12.5. The molecule has 2 atom stereocenters. The number of benzene rings is 1. The first-order chi connectivity index (χ1) is 9.36. The maximum absolute atomic E-state index is 5.38. The summed E-state index contributed by atoms with van der Waals surface area (Å²) < 4.78 is 5.38. The largest absolute Gasteiger partial charge is 0.497 e. The zero-order chi connectivity index (χ0) is 13.1. The van der Waals surface area contributed by atoms with E-state index >= 15 is 0 Å². The molecule has 2 aliphatic rings. The van der Waals surface area contributed by atoms with Gasteiger partial charge < -0.3 is 10.1 Å². The summed E-state index contributed by atoms with van der Waals surface area (Å²) in [6.07, 6.45) is 5.17. The molecule has 104 valence electrons. The van der Waals surface area contributed by atoms with Crippen molar-refractivity contribution in [3.8, 4) is 5.75 Å². The molecule has 0 radical (unpaired) electrons. The van der Waals surface area contributed by atoms with E-state index in [1.54, 1.807) is 7.11 Å². The van der Waals surface area contributed by atoms with Crippen LogP contribution in [-0.4, -0.2) is 25.2 Å². The number of hydrogen-bond donors (Lipinski definition) is 1. The number of hydrogen-bond acceptors (Lipinski definition) is 3. The topological polar surface area (TPSA) is 21.3 Å². The van der Waals surface area contributed by atoms with Crippen molar-refractivity contribution in [1.82, 2.24) is 5.32 Å². The number of methoxy groups -OCH3 is 1. The Hall–Kier alpha value is -0.670. The van der Waals surface area contributed by atoms with E-state index in [1.165, 1.54) is 54.9 Å². The average molecular weight is 277 g/mol. The van der Waals surface area contributed by atoms with Gasteiger partial charge in [0.2, 0.25) is 0 Å². The monoisotopic (exact) mass is 277 g/mol. The standard InChI is InChI=1S/C16H23NOS/c1-18-14-6-5-13-3-2-4-16(15(13)9-14)17-10-12-7-8-19-11-12/h5-6,9,12,16-17H,2-4,7-8,10-11H2,1H3. The smallest absolute Gasteiger partial charge is 0.119 e. The second kappa shape index (κ2) is 6.19. The summed E-state index contributed by atoms with van der Waals surface area (Å²) in [5.74, 6) is 4.55. The molecule has 0 amide bonds. The van der Waals surface area contributed by atoms with Crippen LogP contribution in [-0.2, 0) is 6.42 Å². The van der Waals surface area contributed by atoms with Gasteiger partial charge in [-0.25, -0.2) is 0 Å². The molecular formula is C16H23NOS. The van der Waals surface area contributed by atoms with Gasteiger partial charge in [0.05, 0.1) is 7.11 Å². The molecule has 3 rings (SSSR count). The normalized spacial score (nSPS) is 26.2. The van der Waals surface area contributed by atoms with E-state index in [-0.39, 0.29) is 0 Å². The molecule has 1 heterocycles. The van der Waals surface area contributed by atoms with Crippen molar-refractivity contribution >= 4 is 11.8 Å². The first-order valence-corrected chi connectivity index (χ1v) is 8.50. The fraction of sp³-hybridized carbons (Fsp3) is 0.625. The molecule has 1 aliphatic carbocycles. The molecular weight excluding hydrogens is 254 g/mol. The third-order valence-corrected chi connectivity index (χ3v) is 5.58. The number of thioether (sulfide) groups is 1. The molecule has 0 aromatic heterocycles. The summed E-state index contributed by atoms with van der Waals surface area (Å²) in [6, 6.07) is 7.10. The van der Waals surface area contributed by atoms with E-state index in [4.69, 9.17) is 4.74 Å². The Morgan fingerprint density at radius 2 is 2.32 bits per heavy atom. The van der Waals surface area contributed by atoms with Gasteiger partial charge in [0.25, 0.3) is 0 Å². The van der Waals surface area contributed by atoms with Gasteiger partial charge in [-0.2, -0.15) is 11.8 Å². The van der Waals surface area contributed by atoms with Crippen molar-refractivity contribution in [2.75, 3.05) is 25.2 Å². The van der Waals surface area contributed by atoms with Crippen molar-refractivity contribution in [2.24, 2.45) is 5.92 Å². The summed E-state index contributed by atoms with van der Waals surface area (Å²) in [5.41, 5.74) is 2.97. The molecule has 2 nitrogen and oxygen atoms in total. The van der Waals surface area contributed by atoms with Crippen molar-refractivity contribution in [3.05, 3.63) is 29.3 Å². The van der Waals surface area contributed by atoms with E-state index in [0.717, 1.165) is 11.7 Å². The van der Waals surface area contributed by atoms with Crippen LogP contribution in [0, 0.1) is 5.92 Å². The van der Waals surface area contributed by atoms with Crippen LogP contribution in [0.2, 0.25) is 0 Å². The molecule has 1 aliphatic heterocycles. The number of fused-ring (bicyclic) bond motifs is 1. The van der Waals surface area contributed by atoms with Crippen molar-refractivity contribution in [2.45, 2.75) is 31.7 Å². The minimum atomic E-state index is 0.532. The van der Waals surface area contributed by atoms with E-state index in [1.807, 2.05) is 0 Å². The lowest BCUT2D eigenvalue weighted by Gasteiger charge is -2.28. The first-order valence-electron chi connectivity index (χ1n) is 7.35. The summed E-state index contributed by atoms with van der Waals surface area (Å²) in [5, 5.41) is 3.80. The van der Waals surface area contributed by atoms with E-state index in [0.29, 0.717) is 6.04 Å². The highest BCUT2D eigenvalue weighted by Gasteiger charge is 2.22. The molecule has 2 unspecified atom stereocenters. The van der Waals surface area contributed by atoms with Gasteiger partial charge >= 0.3 is 0 Å². The Morgan fingerprint density at radius 3 is 3.11 bits per heavy atom. The summed E-state index contributed by atoms with van der Waals surface area (Å²) in [4.78, 5) is 0. The van der Waals surface area contributed by atoms with Crippen LogP contribution in [0.4, 0.5) is 0 Å². The Labute approximate surface area is 120 Å². The van der Waals surface area contributed by atoms with Crippen LogP contribution in [0.1, 0.15) is 36.4 Å². The fourth-order valence-electron chi connectivity index (χ4n) is 3.17.